The third-order valence-corrected chi connectivity index (χ3v) is 4.14. The smallest absolute Gasteiger partial charge is 0.339 e. The molecule has 1 saturated heterocycles. The predicted molar refractivity (Wildman–Crippen MR) is 78.7 cm³/mol. The number of halogens is 1. The van der Waals surface area contributed by atoms with Crippen molar-refractivity contribution < 1.29 is 9.90 Å². The lowest BCUT2D eigenvalue weighted by Crippen LogP contribution is -2.27. The second-order valence-corrected chi connectivity index (χ2v) is 6.75. The molecule has 0 atom stereocenters. The van der Waals surface area contributed by atoms with Crippen LogP contribution in [0.25, 0.3) is 0 Å². The maximum Gasteiger partial charge on any atom is 0.339 e. The molecule has 0 saturated carbocycles. The fraction of sp³-hybridized carbons (Fsp3) is 0.571. The molecule has 1 fully saturated rings. The largest absolute Gasteiger partial charge is 0.478 e. The molecule has 1 aliphatic rings. The van der Waals surface area contributed by atoms with Crippen molar-refractivity contribution in [1.82, 2.24) is 4.98 Å². The molecule has 1 N–H and O–H groups in total. The molecule has 19 heavy (non-hydrogen) atoms. The zero-order valence-corrected chi connectivity index (χ0v) is 12.9. The number of aromatic carboxylic acids is 1. The summed E-state index contributed by atoms with van der Waals surface area (Å²) in [6.07, 6.45) is 4.97. The second-order valence-electron chi connectivity index (χ2n) is 5.83. The van der Waals surface area contributed by atoms with Gasteiger partial charge in [0.25, 0.3) is 0 Å². The first-order chi connectivity index (χ1) is 8.89. The van der Waals surface area contributed by atoms with Gasteiger partial charge in [-0.25, -0.2) is 9.78 Å². The van der Waals surface area contributed by atoms with Crippen LogP contribution in [0.5, 0.6) is 0 Å². The first-order valence-corrected chi connectivity index (χ1v) is 7.32. The Kier molecular flexibility index (Phi) is 4.13. The zero-order valence-electron chi connectivity index (χ0n) is 11.3. The zero-order chi connectivity index (χ0) is 14.0. The van der Waals surface area contributed by atoms with Crippen LogP contribution in [0.2, 0.25) is 0 Å². The Morgan fingerprint density at radius 2 is 2.16 bits per heavy atom. The van der Waals surface area contributed by atoms with E-state index in [0.717, 1.165) is 25.9 Å². The highest BCUT2D eigenvalue weighted by Crippen LogP contribution is 2.32. The van der Waals surface area contributed by atoms with Crippen LogP contribution in [0.3, 0.4) is 0 Å². The van der Waals surface area contributed by atoms with Gasteiger partial charge in [0, 0.05) is 23.8 Å². The van der Waals surface area contributed by atoms with Crippen molar-refractivity contribution in [3.05, 3.63) is 22.3 Å². The molecule has 0 aromatic carbocycles. The molecule has 1 aromatic rings. The standard InChI is InChI=1S/C14H19BrN2O2/c1-14(2)4-3-6-17(7-5-14)12-11(13(18)19)8-10(15)9-16-12/h8-9H,3-7H2,1-2H3,(H,18,19). The van der Waals surface area contributed by atoms with E-state index in [4.69, 9.17) is 0 Å². The number of carboxylic acid groups (broad SMARTS) is 1. The number of carbonyl (C=O) groups is 1. The summed E-state index contributed by atoms with van der Waals surface area (Å²) in [5.74, 6) is -0.333. The van der Waals surface area contributed by atoms with E-state index in [9.17, 15) is 9.90 Å². The lowest BCUT2D eigenvalue weighted by Gasteiger charge is -2.25. The normalized spacial score (nSPS) is 19.0. The lowest BCUT2D eigenvalue weighted by atomic mass is 9.85. The van der Waals surface area contributed by atoms with Crippen LogP contribution < -0.4 is 4.90 Å². The van der Waals surface area contributed by atoms with Crippen LogP contribution in [0.15, 0.2) is 16.7 Å². The molecular weight excluding hydrogens is 308 g/mol. The Bertz CT molecular complexity index is 488. The van der Waals surface area contributed by atoms with Crippen LogP contribution in [0, 0.1) is 5.41 Å². The number of pyridine rings is 1. The topological polar surface area (TPSA) is 53.4 Å². The molecule has 0 amide bonds. The van der Waals surface area contributed by atoms with Crippen LogP contribution in [-0.4, -0.2) is 29.1 Å². The minimum Gasteiger partial charge on any atom is -0.478 e. The Hall–Kier alpha value is -1.10. The number of nitrogens with zero attached hydrogens (tertiary/aromatic N) is 2. The summed E-state index contributed by atoms with van der Waals surface area (Å²) >= 11 is 3.28. The Morgan fingerprint density at radius 3 is 2.84 bits per heavy atom. The summed E-state index contributed by atoms with van der Waals surface area (Å²) in [5, 5.41) is 9.31. The summed E-state index contributed by atoms with van der Waals surface area (Å²) in [7, 11) is 0. The number of anilines is 1. The van der Waals surface area contributed by atoms with Crippen molar-refractivity contribution in [1.29, 1.82) is 0 Å². The molecule has 0 aliphatic carbocycles. The van der Waals surface area contributed by atoms with Crippen molar-refractivity contribution in [2.24, 2.45) is 5.41 Å². The summed E-state index contributed by atoms with van der Waals surface area (Å²) in [6.45, 7) is 6.27. The van der Waals surface area contributed by atoms with Crippen LogP contribution >= 0.6 is 15.9 Å². The van der Waals surface area contributed by atoms with E-state index in [1.54, 1.807) is 12.3 Å². The number of hydrogen-bond acceptors (Lipinski definition) is 3. The van der Waals surface area contributed by atoms with Gasteiger partial charge in [0.2, 0.25) is 0 Å². The van der Waals surface area contributed by atoms with Gasteiger partial charge >= 0.3 is 5.97 Å². The molecule has 2 heterocycles. The number of rotatable bonds is 2. The summed E-state index contributed by atoms with van der Waals surface area (Å²) in [4.78, 5) is 17.8. The maximum absolute atomic E-state index is 11.3. The van der Waals surface area contributed by atoms with Gasteiger partial charge < -0.3 is 10.0 Å². The molecule has 104 valence electrons. The lowest BCUT2D eigenvalue weighted by molar-refractivity contribution is 0.0697. The van der Waals surface area contributed by atoms with E-state index in [1.807, 2.05) is 0 Å². The minimum absolute atomic E-state index is 0.272. The molecule has 4 nitrogen and oxygen atoms in total. The van der Waals surface area contributed by atoms with E-state index in [2.05, 4.69) is 39.7 Å². The van der Waals surface area contributed by atoms with E-state index in [-0.39, 0.29) is 5.56 Å². The minimum atomic E-state index is -0.924. The molecule has 2 rings (SSSR count). The number of aromatic nitrogens is 1. The molecule has 1 aromatic heterocycles. The van der Waals surface area contributed by atoms with Gasteiger partial charge in [-0.05, 0) is 46.7 Å². The predicted octanol–water partition coefficient (Wildman–Crippen LogP) is 3.56. The third kappa shape index (κ3) is 3.47. The van der Waals surface area contributed by atoms with Crippen molar-refractivity contribution in [2.45, 2.75) is 33.1 Å². The van der Waals surface area contributed by atoms with Gasteiger partial charge in [-0.1, -0.05) is 13.8 Å². The average molecular weight is 327 g/mol. The summed E-state index contributed by atoms with van der Waals surface area (Å²) in [5.41, 5.74) is 0.599. The van der Waals surface area contributed by atoms with Gasteiger partial charge in [-0.15, -0.1) is 0 Å². The highest BCUT2D eigenvalue weighted by molar-refractivity contribution is 9.10. The highest BCUT2D eigenvalue weighted by Gasteiger charge is 2.26. The Labute approximate surface area is 122 Å². The summed E-state index contributed by atoms with van der Waals surface area (Å²) in [6, 6.07) is 1.63. The van der Waals surface area contributed by atoms with Crippen molar-refractivity contribution in [2.75, 3.05) is 18.0 Å². The van der Waals surface area contributed by atoms with Crippen LogP contribution in [-0.2, 0) is 0 Å². The SMILES string of the molecule is CC1(C)CCCN(c2ncc(Br)cc2C(=O)O)CC1. The number of carboxylic acids is 1. The van der Waals surface area contributed by atoms with Gasteiger partial charge in [-0.3, -0.25) is 0 Å². The van der Waals surface area contributed by atoms with E-state index >= 15 is 0 Å². The quantitative estimate of drug-likeness (QED) is 0.902. The fourth-order valence-corrected chi connectivity index (χ4v) is 2.81. The molecule has 0 radical (unpaired) electrons. The van der Waals surface area contributed by atoms with Crippen LogP contribution in [0.1, 0.15) is 43.5 Å². The summed E-state index contributed by atoms with van der Waals surface area (Å²) < 4.78 is 0.698. The third-order valence-electron chi connectivity index (χ3n) is 3.70. The van der Waals surface area contributed by atoms with Gasteiger partial charge in [0.15, 0.2) is 0 Å². The Balaban J connectivity index is 2.29. The van der Waals surface area contributed by atoms with Crippen molar-refractivity contribution >= 4 is 27.7 Å². The maximum atomic E-state index is 11.3. The Morgan fingerprint density at radius 1 is 1.42 bits per heavy atom. The highest BCUT2D eigenvalue weighted by atomic mass is 79.9. The van der Waals surface area contributed by atoms with Gasteiger partial charge in [0.05, 0.1) is 0 Å². The van der Waals surface area contributed by atoms with E-state index in [0.29, 0.717) is 15.7 Å². The van der Waals surface area contributed by atoms with Crippen LogP contribution in [0.4, 0.5) is 5.82 Å². The fourth-order valence-electron chi connectivity index (χ4n) is 2.48. The molecular formula is C14H19BrN2O2. The van der Waals surface area contributed by atoms with E-state index in [1.165, 1.54) is 6.42 Å². The van der Waals surface area contributed by atoms with Gasteiger partial charge in [0.1, 0.15) is 11.4 Å². The second kappa shape index (κ2) is 5.49. The first kappa shape index (κ1) is 14.3. The molecule has 0 unspecified atom stereocenters. The molecule has 1 aliphatic heterocycles. The molecule has 0 spiro atoms. The monoisotopic (exact) mass is 326 g/mol. The van der Waals surface area contributed by atoms with Crippen molar-refractivity contribution in [3.8, 4) is 0 Å². The average Bonchev–Trinajstić information content (AvgIpc) is 2.50. The van der Waals surface area contributed by atoms with E-state index < -0.39 is 5.97 Å². The molecule has 0 bridgehead atoms. The molecule has 5 heteroatoms. The van der Waals surface area contributed by atoms with Crippen molar-refractivity contribution in [3.63, 3.8) is 0 Å². The number of hydrogen-bond donors (Lipinski definition) is 1. The van der Waals surface area contributed by atoms with Gasteiger partial charge in [-0.2, -0.15) is 0 Å². The first-order valence-electron chi connectivity index (χ1n) is 6.53.